The zero-order valence-electron chi connectivity index (χ0n) is 21.4. The van der Waals surface area contributed by atoms with E-state index in [1.807, 2.05) is 16.7 Å². The lowest BCUT2D eigenvalue weighted by atomic mass is 9.81. The van der Waals surface area contributed by atoms with E-state index in [1.165, 1.54) is 9.13 Å². The number of carbonyl (C=O) groups excluding carboxylic acids is 2. The summed E-state index contributed by atoms with van der Waals surface area (Å²) in [5, 5.41) is 0.466. The number of rotatable bonds is 5. The van der Waals surface area contributed by atoms with Crippen LogP contribution >= 0.6 is 0 Å². The van der Waals surface area contributed by atoms with Crippen LogP contribution < -0.4 is 16.0 Å². The molecule has 0 unspecified atom stereocenters. The first-order valence-electron chi connectivity index (χ1n) is 13.1. The van der Waals surface area contributed by atoms with E-state index in [1.54, 1.807) is 32.4 Å². The van der Waals surface area contributed by atoms with Crippen LogP contribution in [0.1, 0.15) is 45.4 Å². The number of aromatic nitrogens is 2. The molecule has 0 N–H and O–H groups in total. The minimum absolute atomic E-state index is 0.0282. The smallest absolute Gasteiger partial charge is 0.331 e. The zero-order valence-corrected chi connectivity index (χ0v) is 21.4. The highest BCUT2D eigenvalue weighted by atomic mass is 16.5. The molecule has 9 heteroatoms. The molecular formula is C27H36N4O5. The van der Waals surface area contributed by atoms with Crippen molar-refractivity contribution in [3.8, 4) is 5.75 Å². The first kappa shape index (κ1) is 24.6. The fraction of sp³-hybridized carbons (Fsp3) is 0.630. The Morgan fingerprint density at radius 3 is 2.28 bits per heavy atom. The Morgan fingerprint density at radius 2 is 1.64 bits per heavy atom. The molecule has 1 aromatic carbocycles. The monoisotopic (exact) mass is 496 g/mol. The lowest BCUT2D eigenvalue weighted by molar-refractivity contribution is -0.146. The number of fused-ring (bicyclic) bond motifs is 1. The SMILES string of the molecule is COc1ccc2c(c1)c(=O)n(CC1CCC(C(=O)N3CCN(C(=O)C4CC4)[C@@H](C)C3)CC1)c(=O)n2C. The molecule has 1 saturated heterocycles. The van der Waals surface area contributed by atoms with E-state index in [-0.39, 0.29) is 46.9 Å². The molecule has 2 aromatic rings. The average molecular weight is 497 g/mol. The summed E-state index contributed by atoms with van der Waals surface area (Å²) in [6.07, 6.45) is 5.12. The third-order valence-corrected chi connectivity index (χ3v) is 8.34. The van der Waals surface area contributed by atoms with Crippen molar-refractivity contribution >= 4 is 22.7 Å². The van der Waals surface area contributed by atoms with Crippen LogP contribution in [-0.4, -0.2) is 63.5 Å². The van der Waals surface area contributed by atoms with Crippen LogP contribution in [0.3, 0.4) is 0 Å². The van der Waals surface area contributed by atoms with Crippen LogP contribution in [0.5, 0.6) is 5.75 Å². The molecule has 1 aliphatic heterocycles. The van der Waals surface area contributed by atoms with Gasteiger partial charge in [-0.15, -0.1) is 0 Å². The summed E-state index contributed by atoms with van der Waals surface area (Å²) in [5.41, 5.74) is -0.0224. The Kier molecular flexibility index (Phi) is 6.66. The number of amides is 2. The molecule has 3 fully saturated rings. The van der Waals surface area contributed by atoms with E-state index in [4.69, 9.17) is 4.74 Å². The van der Waals surface area contributed by atoms with Crippen molar-refractivity contribution in [2.45, 2.75) is 58.0 Å². The lowest BCUT2D eigenvalue weighted by Gasteiger charge is -2.42. The predicted octanol–water partition coefficient (Wildman–Crippen LogP) is 1.98. The first-order valence-corrected chi connectivity index (χ1v) is 13.1. The molecule has 3 aliphatic rings. The Bertz CT molecular complexity index is 1290. The van der Waals surface area contributed by atoms with Crippen molar-refractivity contribution in [3.63, 3.8) is 0 Å². The van der Waals surface area contributed by atoms with Gasteiger partial charge in [0.05, 0.1) is 18.0 Å². The summed E-state index contributed by atoms with van der Waals surface area (Å²) in [7, 11) is 3.23. The Morgan fingerprint density at radius 1 is 0.972 bits per heavy atom. The van der Waals surface area contributed by atoms with E-state index in [2.05, 4.69) is 0 Å². The van der Waals surface area contributed by atoms with Crippen molar-refractivity contribution in [3.05, 3.63) is 39.0 Å². The minimum atomic E-state index is -0.316. The third kappa shape index (κ3) is 4.55. The summed E-state index contributed by atoms with van der Waals surface area (Å²) in [6.45, 7) is 4.22. The highest BCUT2D eigenvalue weighted by molar-refractivity contribution is 5.83. The van der Waals surface area contributed by atoms with Gasteiger partial charge in [-0.3, -0.25) is 23.5 Å². The standard InChI is InChI=1S/C27H36N4O5/c1-17-15-29(12-13-30(17)25(33)20-8-9-20)24(32)19-6-4-18(5-7-19)16-31-26(34)22-14-21(36-3)10-11-23(22)28(2)27(31)35/h10-11,14,17-20H,4-9,12-13,15-16H2,1-3H3/t17-,18?,19?/m0/s1. The van der Waals surface area contributed by atoms with Crippen LogP contribution in [0, 0.1) is 17.8 Å². The van der Waals surface area contributed by atoms with Gasteiger partial charge in [-0.05, 0) is 69.6 Å². The number of piperazine rings is 1. The molecule has 0 bridgehead atoms. The number of hydrogen-bond donors (Lipinski definition) is 0. The molecule has 36 heavy (non-hydrogen) atoms. The van der Waals surface area contributed by atoms with Gasteiger partial charge in [-0.25, -0.2) is 4.79 Å². The molecule has 1 atom stereocenters. The molecule has 1 aromatic heterocycles. The maximum Gasteiger partial charge on any atom is 0.331 e. The maximum atomic E-state index is 13.2. The number of ether oxygens (including phenoxy) is 1. The van der Waals surface area contributed by atoms with Gasteiger partial charge in [0, 0.05) is 51.1 Å². The fourth-order valence-electron chi connectivity index (χ4n) is 5.94. The third-order valence-electron chi connectivity index (χ3n) is 8.34. The van der Waals surface area contributed by atoms with Gasteiger partial charge < -0.3 is 14.5 Å². The van der Waals surface area contributed by atoms with Gasteiger partial charge in [0.25, 0.3) is 5.56 Å². The summed E-state index contributed by atoms with van der Waals surface area (Å²) < 4.78 is 8.12. The lowest BCUT2D eigenvalue weighted by Crippen LogP contribution is -2.57. The summed E-state index contributed by atoms with van der Waals surface area (Å²) >= 11 is 0. The second-order valence-electron chi connectivity index (χ2n) is 10.8. The number of hydrogen-bond acceptors (Lipinski definition) is 5. The van der Waals surface area contributed by atoms with Crippen LogP contribution in [0.15, 0.2) is 27.8 Å². The second kappa shape index (κ2) is 9.75. The number of methoxy groups -OCH3 is 1. The summed E-state index contributed by atoms with van der Waals surface area (Å²) in [4.78, 5) is 55.8. The molecule has 0 spiro atoms. The van der Waals surface area contributed by atoms with Crippen molar-refractivity contribution in [1.29, 1.82) is 0 Å². The van der Waals surface area contributed by atoms with Crippen LogP contribution in [0.25, 0.3) is 10.9 Å². The Labute approximate surface area is 210 Å². The molecule has 2 aliphatic carbocycles. The van der Waals surface area contributed by atoms with Crippen LogP contribution in [0.2, 0.25) is 0 Å². The number of benzene rings is 1. The van der Waals surface area contributed by atoms with Crippen molar-refractivity contribution in [2.75, 3.05) is 26.7 Å². The van der Waals surface area contributed by atoms with Crippen molar-refractivity contribution in [1.82, 2.24) is 18.9 Å². The average Bonchev–Trinajstić information content (AvgIpc) is 3.75. The van der Waals surface area contributed by atoms with Crippen molar-refractivity contribution in [2.24, 2.45) is 24.8 Å². The predicted molar refractivity (Wildman–Crippen MR) is 136 cm³/mol. The minimum Gasteiger partial charge on any atom is -0.497 e. The zero-order chi connectivity index (χ0) is 25.6. The van der Waals surface area contributed by atoms with E-state index >= 15 is 0 Å². The molecular weight excluding hydrogens is 460 g/mol. The summed E-state index contributed by atoms with van der Waals surface area (Å²) in [5.74, 6) is 1.37. The summed E-state index contributed by atoms with van der Waals surface area (Å²) in [6, 6.07) is 5.22. The molecule has 194 valence electrons. The molecule has 9 nitrogen and oxygen atoms in total. The molecule has 5 rings (SSSR count). The fourth-order valence-corrected chi connectivity index (χ4v) is 5.94. The largest absolute Gasteiger partial charge is 0.497 e. The van der Waals surface area contributed by atoms with Gasteiger partial charge in [0.2, 0.25) is 11.8 Å². The molecule has 2 amide bonds. The highest BCUT2D eigenvalue weighted by Gasteiger charge is 2.39. The Balaban J connectivity index is 1.21. The number of carbonyl (C=O) groups is 2. The quantitative estimate of drug-likeness (QED) is 0.631. The maximum absolute atomic E-state index is 13.2. The van der Waals surface area contributed by atoms with Crippen LogP contribution in [0.4, 0.5) is 0 Å². The second-order valence-corrected chi connectivity index (χ2v) is 10.8. The topological polar surface area (TPSA) is 93.8 Å². The van der Waals surface area contributed by atoms with Gasteiger partial charge in [0.1, 0.15) is 5.75 Å². The normalized spacial score (nSPS) is 24.7. The Hall–Kier alpha value is -3.10. The van der Waals surface area contributed by atoms with E-state index in [0.717, 1.165) is 38.5 Å². The van der Waals surface area contributed by atoms with Gasteiger partial charge in [-0.2, -0.15) is 0 Å². The van der Waals surface area contributed by atoms with E-state index in [0.29, 0.717) is 42.8 Å². The van der Waals surface area contributed by atoms with Crippen LogP contribution in [-0.2, 0) is 23.2 Å². The molecule has 0 radical (unpaired) electrons. The molecule has 2 heterocycles. The van der Waals surface area contributed by atoms with Gasteiger partial charge >= 0.3 is 5.69 Å². The number of nitrogens with zero attached hydrogens (tertiary/aromatic N) is 4. The highest BCUT2D eigenvalue weighted by Crippen LogP contribution is 2.34. The van der Waals surface area contributed by atoms with Gasteiger partial charge in [0.15, 0.2) is 0 Å². The van der Waals surface area contributed by atoms with Gasteiger partial charge in [-0.1, -0.05) is 0 Å². The van der Waals surface area contributed by atoms with Crippen molar-refractivity contribution < 1.29 is 14.3 Å². The van der Waals surface area contributed by atoms with E-state index < -0.39 is 0 Å². The molecule has 2 saturated carbocycles. The number of aryl methyl sites for hydroxylation is 1. The first-order chi connectivity index (χ1) is 17.3. The van der Waals surface area contributed by atoms with E-state index in [9.17, 15) is 19.2 Å².